The first-order chi connectivity index (χ1) is 8.74. The first kappa shape index (κ1) is 12.6. The molecular weight excluding hydrogens is 230 g/mol. The van der Waals surface area contributed by atoms with E-state index in [9.17, 15) is 9.59 Å². The highest BCUT2D eigenvalue weighted by Crippen LogP contribution is 2.21. The van der Waals surface area contributed by atoms with E-state index < -0.39 is 6.04 Å². The van der Waals surface area contributed by atoms with E-state index in [-0.39, 0.29) is 11.9 Å². The standard InChI is InChI=1S/C13H17N3O2/c14-8-4-5-9-16-12(17)11(15-13(16)18)10-6-2-1-3-7-10/h1-3,6-7,11H,4-5,8-9,14H2,(H,15,18). The highest BCUT2D eigenvalue weighted by atomic mass is 16.2. The molecule has 1 aromatic rings. The lowest BCUT2D eigenvalue weighted by molar-refractivity contribution is -0.127. The summed E-state index contributed by atoms with van der Waals surface area (Å²) in [6, 6.07) is 8.40. The maximum atomic E-state index is 12.1. The van der Waals surface area contributed by atoms with E-state index in [0.717, 1.165) is 18.4 Å². The second kappa shape index (κ2) is 5.64. The van der Waals surface area contributed by atoms with Crippen molar-refractivity contribution in [2.75, 3.05) is 13.1 Å². The van der Waals surface area contributed by atoms with E-state index in [1.54, 1.807) is 0 Å². The third-order valence-corrected chi connectivity index (χ3v) is 2.99. The Morgan fingerprint density at radius 1 is 1.17 bits per heavy atom. The van der Waals surface area contributed by atoms with Gasteiger partial charge in [0.05, 0.1) is 0 Å². The highest BCUT2D eigenvalue weighted by molar-refractivity contribution is 6.04. The molecule has 2 rings (SSSR count). The van der Waals surface area contributed by atoms with Crippen molar-refractivity contribution in [1.82, 2.24) is 10.2 Å². The second-order valence-electron chi connectivity index (χ2n) is 4.28. The first-order valence-electron chi connectivity index (χ1n) is 6.11. The summed E-state index contributed by atoms with van der Waals surface area (Å²) in [4.78, 5) is 25.1. The Balaban J connectivity index is 2.05. The first-order valence-corrected chi connectivity index (χ1v) is 6.11. The Morgan fingerprint density at radius 2 is 1.89 bits per heavy atom. The Bertz CT molecular complexity index is 433. The molecule has 0 spiro atoms. The average molecular weight is 247 g/mol. The van der Waals surface area contributed by atoms with Crippen LogP contribution < -0.4 is 11.1 Å². The van der Waals surface area contributed by atoms with Crippen molar-refractivity contribution in [3.05, 3.63) is 35.9 Å². The summed E-state index contributed by atoms with van der Waals surface area (Å²) >= 11 is 0. The molecule has 3 amide bonds. The minimum absolute atomic E-state index is 0.178. The maximum absolute atomic E-state index is 12.1. The van der Waals surface area contributed by atoms with Gasteiger partial charge in [0.2, 0.25) is 0 Å². The summed E-state index contributed by atoms with van der Waals surface area (Å²) in [5, 5.41) is 2.70. The molecule has 5 heteroatoms. The normalized spacial score (nSPS) is 19.2. The summed E-state index contributed by atoms with van der Waals surface area (Å²) in [5.74, 6) is -0.178. The minimum atomic E-state index is -0.545. The molecule has 1 heterocycles. The van der Waals surface area contributed by atoms with Gasteiger partial charge in [0, 0.05) is 6.54 Å². The van der Waals surface area contributed by atoms with Gasteiger partial charge in [-0.2, -0.15) is 0 Å². The lowest BCUT2D eigenvalue weighted by atomic mass is 10.1. The SMILES string of the molecule is NCCCCN1C(=O)NC(c2ccccc2)C1=O. The van der Waals surface area contributed by atoms with Crippen molar-refractivity contribution in [1.29, 1.82) is 0 Å². The van der Waals surface area contributed by atoms with Crippen LogP contribution in [0, 0.1) is 0 Å². The number of urea groups is 1. The number of imide groups is 1. The fourth-order valence-corrected chi connectivity index (χ4v) is 2.02. The Hall–Kier alpha value is -1.88. The van der Waals surface area contributed by atoms with Gasteiger partial charge in [-0.05, 0) is 24.9 Å². The van der Waals surface area contributed by atoms with Crippen molar-refractivity contribution >= 4 is 11.9 Å². The molecule has 0 aliphatic carbocycles. The van der Waals surface area contributed by atoms with Crippen LogP contribution in [-0.4, -0.2) is 29.9 Å². The van der Waals surface area contributed by atoms with E-state index in [2.05, 4.69) is 5.32 Å². The number of carbonyl (C=O) groups excluding carboxylic acids is 2. The number of nitrogens with one attached hydrogen (secondary N) is 1. The number of hydrogen-bond donors (Lipinski definition) is 2. The quantitative estimate of drug-likeness (QED) is 0.602. The van der Waals surface area contributed by atoms with Gasteiger partial charge in [-0.25, -0.2) is 4.79 Å². The van der Waals surface area contributed by atoms with Crippen LogP contribution in [0.1, 0.15) is 24.4 Å². The lowest BCUT2D eigenvalue weighted by Gasteiger charge is -2.12. The van der Waals surface area contributed by atoms with E-state index in [0.29, 0.717) is 13.1 Å². The maximum Gasteiger partial charge on any atom is 0.325 e. The number of hydrogen-bond acceptors (Lipinski definition) is 3. The molecule has 1 unspecified atom stereocenters. The lowest BCUT2D eigenvalue weighted by Crippen LogP contribution is -2.32. The zero-order valence-electron chi connectivity index (χ0n) is 10.1. The van der Waals surface area contributed by atoms with Crippen LogP contribution in [-0.2, 0) is 4.79 Å². The topological polar surface area (TPSA) is 75.4 Å². The van der Waals surface area contributed by atoms with Crippen molar-refractivity contribution in [3.63, 3.8) is 0 Å². The van der Waals surface area contributed by atoms with Gasteiger partial charge in [-0.3, -0.25) is 9.69 Å². The predicted molar refractivity (Wildman–Crippen MR) is 67.7 cm³/mol. The fourth-order valence-electron chi connectivity index (χ4n) is 2.02. The second-order valence-corrected chi connectivity index (χ2v) is 4.28. The molecule has 1 aromatic carbocycles. The fraction of sp³-hybridized carbons (Fsp3) is 0.385. The summed E-state index contributed by atoms with van der Waals surface area (Å²) in [6.45, 7) is 1.01. The monoisotopic (exact) mass is 247 g/mol. The van der Waals surface area contributed by atoms with Crippen molar-refractivity contribution < 1.29 is 9.59 Å². The van der Waals surface area contributed by atoms with Crippen LogP contribution in [0.25, 0.3) is 0 Å². The summed E-state index contributed by atoms with van der Waals surface area (Å²) in [6.07, 6.45) is 1.56. The van der Waals surface area contributed by atoms with Crippen molar-refractivity contribution in [3.8, 4) is 0 Å². The average Bonchev–Trinajstić information content (AvgIpc) is 2.68. The molecule has 5 nitrogen and oxygen atoms in total. The van der Waals surface area contributed by atoms with Crippen molar-refractivity contribution in [2.45, 2.75) is 18.9 Å². The Morgan fingerprint density at radius 3 is 2.56 bits per heavy atom. The van der Waals surface area contributed by atoms with Gasteiger partial charge in [0.25, 0.3) is 5.91 Å². The number of unbranched alkanes of at least 4 members (excludes halogenated alkanes) is 1. The molecule has 18 heavy (non-hydrogen) atoms. The van der Waals surface area contributed by atoms with E-state index >= 15 is 0 Å². The number of nitrogens with two attached hydrogens (primary N) is 1. The van der Waals surface area contributed by atoms with E-state index in [4.69, 9.17) is 5.73 Å². The molecule has 1 saturated heterocycles. The molecule has 1 aliphatic heterocycles. The summed E-state index contributed by atoms with van der Waals surface area (Å²) < 4.78 is 0. The van der Waals surface area contributed by atoms with Crippen LogP contribution in [0.15, 0.2) is 30.3 Å². The van der Waals surface area contributed by atoms with E-state index in [1.807, 2.05) is 30.3 Å². The van der Waals surface area contributed by atoms with Gasteiger partial charge < -0.3 is 11.1 Å². The molecule has 1 aliphatic rings. The molecule has 1 atom stereocenters. The predicted octanol–water partition coefficient (Wildman–Crippen LogP) is 1.02. The van der Waals surface area contributed by atoms with Gasteiger partial charge in [-0.1, -0.05) is 30.3 Å². The zero-order valence-corrected chi connectivity index (χ0v) is 10.1. The summed E-state index contributed by atoms with van der Waals surface area (Å²) in [7, 11) is 0. The number of rotatable bonds is 5. The van der Waals surface area contributed by atoms with Gasteiger partial charge in [0.1, 0.15) is 6.04 Å². The van der Waals surface area contributed by atoms with Crippen LogP contribution in [0.4, 0.5) is 4.79 Å². The molecule has 1 fully saturated rings. The number of benzene rings is 1. The molecule has 0 bridgehead atoms. The number of nitrogens with zero attached hydrogens (tertiary/aromatic N) is 1. The van der Waals surface area contributed by atoms with Gasteiger partial charge in [-0.15, -0.1) is 0 Å². The molecule has 0 aromatic heterocycles. The minimum Gasteiger partial charge on any atom is -0.330 e. The molecule has 96 valence electrons. The van der Waals surface area contributed by atoms with Crippen LogP contribution in [0.3, 0.4) is 0 Å². The molecule has 3 N–H and O–H groups in total. The van der Waals surface area contributed by atoms with E-state index in [1.165, 1.54) is 4.90 Å². The summed E-state index contributed by atoms with van der Waals surface area (Å²) in [5.41, 5.74) is 6.21. The number of amides is 3. The smallest absolute Gasteiger partial charge is 0.325 e. The molecular formula is C13H17N3O2. The van der Waals surface area contributed by atoms with Crippen LogP contribution in [0.2, 0.25) is 0 Å². The van der Waals surface area contributed by atoms with Crippen LogP contribution >= 0.6 is 0 Å². The van der Waals surface area contributed by atoms with Crippen LogP contribution in [0.5, 0.6) is 0 Å². The number of carbonyl (C=O) groups is 2. The largest absolute Gasteiger partial charge is 0.330 e. The Labute approximate surface area is 106 Å². The highest BCUT2D eigenvalue weighted by Gasteiger charge is 2.38. The molecule has 0 radical (unpaired) electrons. The Kier molecular flexibility index (Phi) is 3.94. The third kappa shape index (κ3) is 2.51. The van der Waals surface area contributed by atoms with Gasteiger partial charge in [0.15, 0.2) is 0 Å². The van der Waals surface area contributed by atoms with Gasteiger partial charge >= 0.3 is 6.03 Å². The zero-order chi connectivity index (χ0) is 13.0. The van der Waals surface area contributed by atoms with Crippen molar-refractivity contribution in [2.24, 2.45) is 5.73 Å². The molecule has 0 saturated carbocycles. The third-order valence-electron chi connectivity index (χ3n) is 2.99.